The van der Waals surface area contributed by atoms with Gasteiger partial charge in [0.05, 0.1) is 25.3 Å². The molecular weight excluding hydrogens is 469 g/mol. The van der Waals surface area contributed by atoms with Crippen LogP contribution in [0, 0.1) is 12.7 Å². The Balaban J connectivity index is 1.62. The molecule has 0 fully saturated rings. The van der Waals surface area contributed by atoms with Crippen LogP contribution in [0.25, 0.3) is 0 Å². The third kappa shape index (κ3) is 7.16. The minimum atomic E-state index is -0.419. The van der Waals surface area contributed by atoms with Crippen molar-refractivity contribution in [3.8, 4) is 5.75 Å². The molecule has 35 heavy (non-hydrogen) atoms. The number of carbonyl (C=O) groups is 2. The average Bonchev–Trinajstić information content (AvgIpc) is 3.23. The molecule has 1 atom stereocenters. The van der Waals surface area contributed by atoms with Gasteiger partial charge in [0.25, 0.3) is 0 Å². The van der Waals surface area contributed by atoms with Gasteiger partial charge in [-0.15, -0.1) is 16.8 Å². The Hall–Kier alpha value is -3.66. The maximum atomic E-state index is 13.5. The average molecular weight is 498 g/mol. The zero-order valence-electron chi connectivity index (χ0n) is 19.9. The van der Waals surface area contributed by atoms with E-state index in [1.807, 2.05) is 31.2 Å². The molecule has 0 bridgehead atoms. The number of anilines is 1. The number of nitrogens with zero attached hydrogens (tertiary/aromatic N) is 3. The Kier molecular flexibility index (Phi) is 9.02. The summed E-state index contributed by atoms with van der Waals surface area (Å²) >= 11 is 1.20. The van der Waals surface area contributed by atoms with Crippen molar-refractivity contribution in [3.63, 3.8) is 0 Å². The quantitative estimate of drug-likeness (QED) is 0.306. The summed E-state index contributed by atoms with van der Waals surface area (Å²) in [5.41, 5.74) is 2.05. The van der Waals surface area contributed by atoms with Crippen LogP contribution in [0.15, 0.2) is 60.3 Å². The summed E-state index contributed by atoms with van der Waals surface area (Å²) in [6.07, 6.45) is 1.91. The van der Waals surface area contributed by atoms with E-state index in [9.17, 15) is 14.0 Å². The number of benzene rings is 2. The number of nitrogens with one attached hydrogen (secondary N) is 2. The number of aryl methyl sites for hydroxylation is 1. The first kappa shape index (κ1) is 26.0. The second-order valence-electron chi connectivity index (χ2n) is 7.85. The molecule has 1 aromatic heterocycles. The molecule has 3 aromatic rings. The molecule has 0 unspecified atom stereocenters. The lowest BCUT2D eigenvalue weighted by atomic mass is 10.1. The van der Waals surface area contributed by atoms with Crippen molar-refractivity contribution in [3.05, 3.63) is 77.9 Å². The van der Waals surface area contributed by atoms with E-state index in [1.165, 1.54) is 23.9 Å². The third-order valence-electron chi connectivity index (χ3n) is 5.15. The van der Waals surface area contributed by atoms with Gasteiger partial charge < -0.3 is 19.9 Å². The van der Waals surface area contributed by atoms with Crippen molar-refractivity contribution in [2.75, 3.05) is 18.2 Å². The smallest absolute Gasteiger partial charge is 0.234 e. The molecule has 10 heteroatoms. The molecule has 184 valence electrons. The van der Waals surface area contributed by atoms with E-state index in [1.54, 1.807) is 30.7 Å². The Bertz CT molecular complexity index is 1200. The van der Waals surface area contributed by atoms with Gasteiger partial charge in [0.2, 0.25) is 11.8 Å². The minimum Gasteiger partial charge on any atom is -0.497 e. The van der Waals surface area contributed by atoms with E-state index in [4.69, 9.17) is 4.74 Å². The molecule has 2 aromatic carbocycles. The number of methoxy groups -OCH3 is 1. The summed E-state index contributed by atoms with van der Waals surface area (Å²) in [5.74, 6) is 0.469. The lowest BCUT2D eigenvalue weighted by molar-refractivity contribution is -0.121. The highest BCUT2D eigenvalue weighted by molar-refractivity contribution is 7.99. The fourth-order valence-electron chi connectivity index (χ4n) is 3.36. The fourth-order valence-corrected chi connectivity index (χ4v) is 4.11. The minimum absolute atomic E-state index is 0.0590. The monoisotopic (exact) mass is 497 g/mol. The number of allylic oxidation sites excluding steroid dienone is 1. The van der Waals surface area contributed by atoms with E-state index in [2.05, 4.69) is 27.4 Å². The van der Waals surface area contributed by atoms with Crippen molar-refractivity contribution in [2.24, 2.45) is 0 Å². The number of hydrogen-bond donors (Lipinski definition) is 2. The Morgan fingerprint density at radius 1 is 1.20 bits per heavy atom. The molecule has 0 saturated heterocycles. The van der Waals surface area contributed by atoms with E-state index >= 15 is 0 Å². The number of ether oxygens (including phenoxy) is 1. The van der Waals surface area contributed by atoms with Gasteiger partial charge in [-0.1, -0.05) is 36.0 Å². The summed E-state index contributed by atoms with van der Waals surface area (Å²) in [4.78, 5) is 25.0. The lowest BCUT2D eigenvalue weighted by Crippen LogP contribution is -2.30. The highest BCUT2D eigenvalue weighted by atomic mass is 32.2. The number of hydrogen-bond acceptors (Lipinski definition) is 6. The topological polar surface area (TPSA) is 98.1 Å². The molecule has 3 rings (SSSR count). The normalized spacial score (nSPS) is 11.5. The predicted molar refractivity (Wildman–Crippen MR) is 134 cm³/mol. The van der Waals surface area contributed by atoms with Crippen LogP contribution in [0.3, 0.4) is 0 Å². The number of rotatable bonds is 11. The van der Waals surface area contributed by atoms with E-state index in [-0.39, 0.29) is 24.0 Å². The summed E-state index contributed by atoms with van der Waals surface area (Å²) in [7, 11) is 1.59. The van der Waals surface area contributed by atoms with Gasteiger partial charge in [0.15, 0.2) is 11.0 Å². The van der Waals surface area contributed by atoms with Crippen molar-refractivity contribution in [1.29, 1.82) is 0 Å². The summed E-state index contributed by atoms with van der Waals surface area (Å²) in [5, 5.41) is 14.6. The molecule has 0 spiro atoms. The van der Waals surface area contributed by atoms with Crippen molar-refractivity contribution >= 4 is 29.3 Å². The Morgan fingerprint density at radius 3 is 2.63 bits per heavy atom. The Labute approximate surface area is 208 Å². The van der Waals surface area contributed by atoms with Crippen molar-refractivity contribution < 1.29 is 18.7 Å². The molecule has 0 aliphatic rings. The second-order valence-corrected chi connectivity index (χ2v) is 8.79. The van der Waals surface area contributed by atoms with Gasteiger partial charge in [-0.25, -0.2) is 4.39 Å². The number of thioether (sulfide) groups is 1. The molecule has 2 amide bonds. The zero-order chi connectivity index (χ0) is 25.4. The first-order valence-corrected chi connectivity index (χ1v) is 11.9. The zero-order valence-corrected chi connectivity index (χ0v) is 20.7. The first-order chi connectivity index (χ1) is 16.8. The Morgan fingerprint density at radius 2 is 1.94 bits per heavy atom. The molecule has 0 aliphatic carbocycles. The van der Waals surface area contributed by atoms with Gasteiger partial charge in [0, 0.05) is 12.2 Å². The molecule has 0 saturated carbocycles. The maximum Gasteiger partial charge on any atom is 0.234 e. The second kappa shape index (κ2) is 12.2. The van der Waals surface area contributed by atoms with Crippen molar-refractivity contribution in [2.45, 2.75) is 38.0 Å². The number of halogens is 1. The largest absolute Gasteiger partial charge is 0.497 e. The number of carbonyl (C=O) groups excluding carboxylic acids is 2. The van der Waals surface area contributed by atoms with Gasteiger partial charge in [0.1, 0.15) is 11.6 Å². The fraction of sp³-hybridized carbons (Fsp3) is 0.280. The van der Waals surface area contributed by atoms with E-state index < -0.39 is 11.9 Å². The molecule has 0 radical (unpaired) electrons. The van der Waals surface area contributed by atoms with Gasteiger partial charge in [-0.2, -0.15) is 0 Å². The van der Waals surface area contributed by atoms with Crippen LogP contribution < -0.4 is 15.4 Å². The summed E-state index contributed by atoms with van der Waals surface area (Å²) < 4.78 is 20.4. The van der Waals surface area contributed by atoms with Gasteiger partial charge >= 0.3 is 0 Å². The van der Waals surface area contributed by atoms with Crippen LogP contribution in [0.1, 0.15) is 29.9 Å². The van der Waals surface area contributed by atoms with Crippen LogP contribution in [-0.2, 0) is 22.6 Å². The predicted octanol–water partition coefficient (Wildman–Crippen LogP) is 4.07. The van der Waals surface area contributed by atoms with Crippen LogP contribution in [0.2, 0.25) is 0 Å². The molecule has 0 aliphatic heterocycles. The van der Waals surface area contributed by atoms with Crippen molar-refractivity contribution in [1.82, 2.24) is 20.1 Å². The van der Waals surface area contributed by atoms with Crippen LogP contribution in [-0.4, -0.2) is 39.4 Å². The van der Waals surface area contributed by atoms with Crippen LogP contribution in [0.5, 0.6) is 5.75 Å². The number of amides is 2. The highest BCUT2D eigenvalue weighted by Gasteiger charge is 2.20. The van der Waals surface area contributed by atoms with Gasteiger partial charge in [-0.05, 0) is 49.2 Å². The summed E-state index contributed by atoms with van der Waals surface area (Å²) in [6, 6.07) is 11.1. The SMILES string of the molecule is C=CCn1c(SCC(=O)Nc2cc(F)ccc2C)nnc1[C@@H](C)NC(=O)Cc1ccc(OC)cc1. The highest BCUT2D eigenvalue weighted by Crippen LogP contribution is 2.22. The van der Waals surface area contributed by atoms with Gasteiger partial charge in [-0.3, -0.25) is 9.59 Å². The van der Waals surface area contributed by atoms with Crippen LogP contribution >= 0.6 is 11.8 Å². The number of aromatic nitrogens is 3. The van der Waals surface area contributed by atoms with E-state index in [0.717, 1.165) is 16.9 Å². The first-order valence-electron chi connectivity index (χ1n) is 11.0. The molecule has 1 heterocycles. The molecule has 2 N–H and O–H groups in total. The summed E-state index contributed by atoms with van der Waals surface area (Å²) in [6.45, 7) is 7.80. The van der Waals surface area contributed by atoms with Crippen LogP contribution in [0.4, 0.5) is 10.1 Å². The standard InChI is InChI=1S/C25H28FN5O3S/c1-5-12-31-24(17(3)27-22(32)13-18-7-10-20(34-4)11-8-18)29-30-25(31)35-15-23(33)28-21-14-19(26)9-6-16(21)2/h5-11,14,17H,1,12-13,15H2,2-4H3,(H,27,32)(H,28,33)/t17-/m1/s1. The molecule has 8 nitrogen and oxygen atoms in total. The third-order valence-corrected chi connectivity index (χ3v) is 6.12. The van der Waals surface area contributed by atoms with E-state index in [0.29, 0.717) is 23.2 Å². The lowest BCUT2D eigenvalue weighted by Gasteiger charge is -2.15. The molecular formula is C25H28FN5O3S. The maximum absolute atomic E-state index is 13.5.